The quantitative estimate of drug-likeness (QED) is 0.727. The fraction of sp³-hybridized carbons (Fsp3) is 0.294. The lowest BCUT2D eigenvalue weighted by Gasteiger charge is -2.07. The lowest BCUT2D eigenvalue weighted by Crippen LogP contribution is -2.21. The zero-order valence-electron chi connectivity index (χ0n) is 13.6. The van der Waals surface area contributed by atoms with E-state index >= 15 is 0 Å². The van der Waals surface area contributed by atoms with Gasteiger partial charge in [-0.05, 0) is 37.1 Å². The Hall–Kier alpha value is -2.67. The molecule has 1 aromatic heterocycles. The molecule has 6 nitrogen and oxygen atoms in total. The number of carboxylic acid groups (broad SMARTS) is 2. The first kappa shape index (κ1) is 19.4. The first-order chi connectivity index (χ1) is 11.2. The molecule has 0 radical (unpaired) electrons. The van der Waals surface area contributed by atoms with E-state index in [2.05, 4.69) is 17.7 Å². The molecule has 4 N–H and O–H groups in total. The number of halogens is 1. The van der Waals surface area contributed by atoms with Crippen LogP contribution in [0.2, 0.25) is 0 Å². The monoisotopic (exact) mass is 336 g/mol. The minimum Gasteiger partial charge on any atom is -0.478 e. The molecule has 7 heteroatoms. The average molecular weight is 336 g/mol. The minimum atomic E-state index is -1.26. The smallest absolute Gasteiger partial charge is 0.328 e. The van der Waals surface area contributed by atoms with E-state index < -0.39 is 11.9 Å². The fourth-order valence-electron chi connectivity index (χ4n) is 2.23. The number of rotatable bonds is 5. The molecule has 1 atom stereocenters. The number of hydrogen-bond donors (Lipinski definition) is 3. The number of nitrogens with two attached hydrogens (primary N) is 1. The molecule has 1 aromatic carbocycles. The summed E-state index contributed by atoms with van der Waals surface area (Å²) in [5.74, 6) is -2.69. The van der Waals surface area contributed by atoms with E-state index in [-0.39, 0.29) is 11.9 Å². The number of aromatic nitrogens is 1. The van der Waals surface area contributed by atoms with Crippen LogP contribution in [0.15, 0.2) is 36.5 Å². The van der Waals surface area contributed by atoms with Gasteiger partial charge in [-0.3, -0.25) is 0 Å². The number of hydrogen-bond acceptors (Lipinski definition) is 3. The van der Waals surface area contributed by atoms with E-state index in [1.807, 2.05) is 13.0 Å². The molecule has 0 spiro atoms. The van der Waals surface area contributed by atoms with Crippen molar-refractivity contribution in [2.45, 2.75) is 32.9 Å². The predicted molar refractivity (Wildman–Crippen MR) is 89.3 cm³/mol. The Labute approximate surface area is 139 Å². The molecule has 0 bridgehead atoms. The van der Waals surface area contributed by atoms with Gasteiger partial charge in [-0.1, -0.05) is 6.92 Å². The van der Waals surface area contributed by atoms with Gasteiger partial charge >= 0.3 is 11.9 Å². The van der Waals surface area contributed by atoms with Gasteiger partial charge in [0.15, 0.2) is 0 Å². The Morgan fingerprint density at radius 1 is 1.29 bits per heavy atom. The average Bonchev–Trinajstić information content (AvgIpc) is 2.82. The van der Waals surface area contributed by atoms with Crippen LogP contribution in [0, 0.1) is 5.82 Å². The van der Waals surface area contributed by atoms with Crippen LogP contribution in [0.1, 0.15) is 19.4 Å². The van der Waals surface area contributed by atoms with Crippen LogP contribution in [0.5, 0.6) is 0 Å². The van der Waals surface area contributed by atoms with E-state index in [0.29, 0.717) is 12.2 Å². The molecule has 1 heterocycles. The van der Waals surface area contributed by atoms with Crippen molar-refractivity contribution in [3.8, 4) is 0 Å². The number of carboxylic acids is 2. The summed E-state index contributed by atoms with van der Waals surface area (Å²) >= 11 is 0. The van der Waals surface area contributed by atoms with E-state index in [4.69, 9.17) is 15.9 Å². The van der Waals surface area contributed by atoms with Crippen molar-refractivity contribution in [1.29, 1.82) is 0 Å². The second-order valence-electron chi connectivity index (χ2n) is 5.31. The summed E-state index contributed by atoms with van der Waals surface area (Å²) in [7, 11) is 0. The second-order valence-corrected chi connectivity index (χ2v) is 5.31. The Bertz CT molecular complexity index is 734. The predicted octanol–water partition coefficient (Wildman–Crippen LogP) is 2.40. The molecule has 2 rings (SSSR count). The summed E-state index contributed by atoms with van der Waals surface area (Å²) in [6.45, 7) is 4.82. The van der Waals surface area contributed by atoms with E-state index in [0.717, 1.165) is 23.9 Å². The normalized spacial score (nSPS) is 12.0. The van der Waals surface area contributed by atoms with Gasteiger partial charge < -0.3 is 20.5 Å². The van der Waals surface area contributed by atoms with Crippen molar-refractivity contribution in [3.63, 3.8) is 0 Å². The third kappa shape index (κ3) is 5.85. The highest BCUT2D eigenvalue weighted by molar-refractivity contribution is 5.89. The summed E-state index contributed by atoms with van der Waals surface area (Å²) in [6.07, 6.45) is 4.10. The van der Waals surface area contributed by atoms with Gasteiger partial charge in [-0.25, -0.2) is 14.0 Å². The van der Waals surface area contributed by atoms with Gasteiger partial charge in [-0.15, -0.1) is 0 Å². The summed E-state index contributed by atoms with van der Waals surface area (Å²) in [4.78, 5) is 19.1. The third-order valence-electron chi connectivity index (χ3n) is 3.16. The fourth-order valence-corrected chi connectivity index (χ4v) is 2.23. The second kappa shape index (κ2) is 8.83. The van der Waals surface area contributed by atoms with Crippen LogP contribution in [0.3, 0.4) is 0 Å². The standard InChI is InChI=1S/C13H17FN2.C4H4O4/c1-3-10-8-16(7-9(2)15)13-5-4-11(14)6-12(10)13;5-3(6)1-2-4(7)8/h4-6,8-9H,3,7,15H2,1-2H3;1-2H,(H,5,6)(H,7,8)/b;2-1+. The Morgan fingerprint density at radius 2 is 1.88 bits per heavy atom. The molecule has 0 saturated heterocycles. The zero-order valence-corrected chi connectivity index (χ0v) is 13.6. The maximum atomic E-state index is 13.2. The van der Waals surface area contributed by atoms with Crippen LogP contribution >= 0.6 is 0 Å². The number of nitrogens with zero attached hydrogens (tertiary/aromatic N) is 1. The van der Waals surface area contributed by atoms with E-state index in [9.17, 15) is 14.0 Å². The number of aliphatic carboxylic acids is 2. The van der Waals surface area contributed by atoms with Crippen molar-refractivity contribution in [2.24, 2.45) is 5.73 Å². The topological polar surface area (TPSA) is 106 Å². The van der Waals surface area contributed by atoms with Crippen molar-refractivity contribution < 1.29 is 24.2 Å². The van der Waals surface area contributed by atoms with Crippen LogP contribution in [0.25, 0.3) is 10.9 Å². The van der Waals surface area contributed by atoms with Crippen LogP contribution in [-0.4, -0.2) is 32.8 Å². The number of fused-ring (bicyclic) bond motifs is 1. The molecule has 0 aliphatic heterocycles. The Morgan fingerprint density at radius 3 is 2.33 bits per heavy atom. The summed E-state index contributed by atoms with van der Waals surface area (Å²) < 4.78 is 15.3. The first-order valence-electron chi connectivity index (χ1n) is 7.41. The van der Waals surface area contributed by atoms with E-state index in [1.165, 1.54) is 11.6 Å². The molecule has 0 aliphatic carbocycles. The zero-order chi connectivity index (χ0) is 18.3. The van der Waals surface area contributed by atoms with Gasteiger partial charge in [0.25, 0.3) is 0 Å². The van der Waals surface area contributed by atoms with Gasteiger partial charge in [0.1, 0.15) is 5.82 Å². The summed E-state index contributed by atoms with van der Waals surface area (Å²) in [5.41, 5.74) is 8.04. The third-order valence-corrected chi connectivity index (χ3v) is 3.16. The SMILES string of the molecule is CCc1cn(CC(C)N)c2ccc(F)cc12.O=C(O)/C=C/C(=O)O. The molecule has 0 amide bonds. The minimum absolute atomic E-state index is 0.102. The maximum Gasteiger partial charge on any atom is 0.328 e. The first-order valence-corrected chi connectivity index (χ1v) is 7.41. The van der Waals surface area contributed by atoms with Crippen molar-refractivity contribution >= 4 is 22.8 Å². The number of aryl methyl sites for hydroxylation is 1. The highest BCUT2D eigenvalue weighted by Crippen LogP contribution is 2.23. The summed E-state index contributed by atoms with van der Waals surface area (Å²) in [6, 6.07) is 5.03. The van der Waals surface area contributed by atoms with Gasteiger partial charge in [-0.2, -0.15) is 0 Å². The lowest BCUT2D eigenvalue weighted by atomic mass is 10.1. The van der Waals surface area contributed by atoms with E-state index in [1.54, 1.807) is 6.07 Å². The van der Waals surface area contributed by atoms with Crippen LogP contribution < -0.4 is 5.73 Å². The molecular weight excluding hydrogens is 315 g/mol. The highest BCUT2D eigenvalue weighted by Gasteiger charge is 2.09. The lowest BCUT2D eigenvalue weighted by molar-refractivity contribution is -0.134. The molecular formula is C17H21FN2O4. The molecule has 24 heavy (non-hydrogen) atoms. The number of benzene rings is 1. The van der Waals surface area contributed by atoms with Gasteiger partial charge in [0, 0.05) is 41.8 Å². The molecule has 1 unspecified atom stereocenters. The molecule has 0 saturated carbocycles. The van der Waals surface area contributed by atoms with Crippen molar-refractivity contribution in [3.05, 3.63) is 47.9 Å². The molecule has 0 fully saturated rings. The van der Waals surface area contributed by atoms with Crippen LogP contribution in [-0.2, 0) is 22.6 Å². The number of carbonyl (C=O) groups is 2. The van der Waals surface area contributed by atoms with Crippen molar-refractivity contribution in [1.82, 2.24) is 4.57 Å². The van der Waals surface area contributed by atoms with Crippen LogP contribution in [0.4, 0.5) is 4.39 Å². The summed E-state index contributed by atoms with van der Waals surface area (Å²) in [5, 5.41) is 16.6. The van der Waals surface area contributed by atoms with Crippen molar-refractivity contribution in [2.75, 3.05) is 0 Å². The molecule has 2 aromatic rings. The van der Waals surface area contributed by atoms with Gasteiger partial charge in [0.2, 0.25) is 0 Å². The largest absolute Gasteiger partial charge is 0.478 e. The Kier molecular flexibility index (Phi) is 7.13. The maximum absolute atomic E-state index is 13.2. The molecule has 0 aliphatic rings. The Balaban J connectivity index is 0.000000307. The molecule has 130 valence electrons. The van der Waals surface area contributed by atoms with Gasteiger partial charge in [0.05, 0.1) is 0 Å². The highest BCUT2D eigenvalue weighted by atomic mass is 19.1.